The van der Waals surface area contributed by atoms with E-state index in [0.29, 0.717) is 11.3 Å². The fourth-order valence-corrected chi connectivity index (χ4v) is 1.34. The maximum Gasteiger partial charge on any atom is 0.416 e. The van der Waals surface area contributed by atoms with E-state index in [2.05, 4.69) is 0 Å². The molecule has 17 heavy (non-hydrogen) atoms. The molecule has 0 spiro atoms. The summed E-state index contributed by atoms with van der Waals surface area (Å²) < 4.78 is 41.6. The second-order valence-electron chi connectivity index (χ2n) is 3.42. The van der Waals surface area contributed by atoms with Gasteiger partial charge in [0.2, 0.25) is 0 Å². The number of carbonyl (C=O) groups excluding carboxylic acids is 1. The predicted octanol–water partition coefficient (Wildman–Crippen LogP) is 3.16. The van der Waals surface area contributed by atoms with Crippen LogP contribution in [0.15, 0.2) is 42.2 Å². The molecule has 2 nitrogen and oxygen atoms in total. The predicted molar refractivity (Wildman–Crippen MR) is 54.7 cm³/mol. The molecule has 1 aliphatic heterocycles. The van der Waals surface area contributed by atoms with Gasteiger partial charge in [-0.2, -0.15) is 13.2 Å². The molecule has 0 N–H and O–H groups in total. The van der Waals surface area contributed by atoms with E-state index < -0.39 is 17.7 Å². The van der Waals surface area contributed by atoms with Gasteiger partial charge >= 0.3 is 12.1 Å². The van der Waals surface area contributed by atoms with Crippen molar-refractivity contribution in [1.82, 2.24) is 0 Å². The van der Waals surface area contributed by atoms with Crippen molar-refractivity contribution >= 4 is 12.0 Å². The second kappa shape index (κ2) is 4.08. The van der Waals surface area contributed by atoms with E-state index in [-0.39, 0.29) is 0 Å². The molecular formula is C12H7F3O2. The zero-order valence-corrected chi connectivity index (χ0v) is 8.49. The van der Waals surface area contributed by atoms with Crippen LogP contribution in [0.2, 0.25) is 0 Å². The summed E-state index contributed by atoms with van der Waals surface area (Å²) in [5, 5.41) is 0. The van der Waals surface area contributed by atoms with Crippen molar-refractivity contribution in [2.45, 2.75) is 6.18 Å². The molecule has 2 rings (SSSR count). The molecule has 0 fully saturated rings. The number of hydrogen-bond acceptors (Lipinski definition) is 2. The van der Waals surface area contributed by atoms with E-state index in [1.54, 1.807) is 0 Å². The first-order chi connectivity index (χ1) is 7.95. The van der Waals surface area contributed by atoms with Gasteiger partial charge in [-0.05, 0) is 29.8 Å². The third-order valence-corrected chi connectivity index (χ3v) is 2.15. The molecule has 0 aliphatic carbocycles. The first kappa shape index (κ1) is 11.4. The molecule has 1 heterocycles. The Morgan fingerprint density at radius 2 is 1.71 bits per heavy atom. The molecule has 0 bridgehead atoms. The number of cyclic esters (lactones) is 1. The normalized spacial score (nSPS) is 17.6. The number of esters is 1. The molecule has 0 unspecified atom stereocenters. The number of halogens is 3. The fraction of sp³-hybridized carbons (Fsp3) is 0.0833. The summed E-state index contributed by atoms with van der Waals surface area (Å²) in [7, 11) is 0. The Balaban J connectivity index is 2.20. The van der Waals surface area contributed by atoms with Crippen molar-refractivity contribution in [1.29, 1.82) is 0 Å². The monoisotopic (exact) mass is 240 g/mol. The van der Waals surface area contributed by atoms with Gasteiger partial charge in [-0.1, -0.05) is 12.1 Å². The van der Waals surface area contributed by atoms with E-state index in [1.165, 1.54) is 30.4 Å². The lowest BCUT2D eigenvalue weighted by atomic mass is 10.1. The Labute approximate surface area is 95.0 Å². The standard InChI is InChI=1S/C12H7F3O2/c13-12(14,15)9-3-1-8(2-4-9)7-10-5-6-11(16)17-10/h1-7H. The van der Waals surface area contributed by atoms with Crippen molar-refractivity contribution in [3.05, 3.63) is 53.3 Å². The van der Waals surface area contributed by atoms with Crippen molar-refractivity contribution in [3.8, 4) is 0 Å². The molecule has 1 aromatic rings. The van der Waals surface area contributed by atoms with Gasteiger partial charge in [0.05, 0.1) is 5.56 Å². The molecule has 88 valence electrons. The van der Waals surface area contributed by atoms with Crippen molar-refractivity contribution in [3.63, 3.8) is 0 Å². The van der Waals surface area contributed by atoms with Crippen LogP contribution in [0.4, 0.5) is 13.2 Å². The van der Waals surface area contributed by atoms with Crippen molar-refractivity contribution in [2.75, 3.05) is 0 Å². The van der Waals surface area contributed by atoms with Gasteiger partial charge in [-0.3, -0.25) is 0 Å². The van der Waals surface area contributed by atoms with Crippen LogP contribution in [0.1, 0.15) is 11.1 Å². The third-order valence-electron chi connectivity index (χ3n) is 2.15. The first-order valence-corrected chi connectivity index (χ1v) is 4.74. The molecule has 0 saturated carbocycles. The summed E-state index contributed by atoms with van der Waals surface area (Å²) in [6.45, 7) is 0. The minimum atomic E-state index is -4.34. The lowest BCUT2D eigenvalue weighted by Crippen LogP contribution is -2.04. The van der Waals surface area contributed by atoms with Gasteiger partial charge < -0.3 is 4.74 Å². The van der Waals surface area contributed by atoms with Crippen LogP contribution in [0.5, 0.6) is 0 Å². The van der Waals surface area contributed by atoms with Gasteiger partial charge in [0.1, 0.15) is 5.76 Å². The maximum atomic E-state index is 12.3. The highest BCUT2D eigenvalue weighted by Gasteiger charge is 2.29. The fourth-order valence-electron chi connectivity index (χ4n) is 1.34. The Hall–Kier alpha value is -2.04. The molecule has 0 radical (unpaired) electrons. The molecule has 5 heteroatoms. The number of allylic oxidation sites excluding steroid dienone is 1. The van der Waals surface area contributed by atoms with Gasteiger partial charge in [0.15, 0.2) is 0 Å². The maximum absolute atomic E-state index is 12.3. The van der Waals surface area contributed by atoms with Crippen LogP contribution in [0, 0.1) is 0 Å². The van der Waals surface area contributed by atoms with Crippen LogP contribution >= 0.6 is 0 Å². The Bertz CT molecular complexity index is 495. The minimum Gasteiger partial charge on any atom is -0.423 e. The van der Waals surface area contributed by atoms with Crippen molar-refractivity contribution in [2.24, 2.45) is 0 Å². The Morgan fingerprint density at radius 1 is 1.06 bits per heavy atom. The molecule has 0 aromatic heterocycles. The zero-order valence-electron chi connectivity index (χ0n) is 8.49. The SMILES string of the molecule is O=C1C=CC(=Cc2ccc(C(F)(F)F)cc2)O1. The summed E-state index contributed by atoms with van der Waals surface area (Å²) in [5.74, 6) is -0.169. The zero-order chi connectivity index (χ0) is 12.5. The third kappa shape index (κ3) is 2.75. The number of hydrogen-bond donors (Lipinski definition) is 0. The van der Waals surface area contributed by atoms with Gasteiger partial charge in [0, 0.05) is 6.08 Å². The lowest BCUT2D eigenvalue weighted by Gasteiger charge is -2.06. The summed E-state index contributed by atoms with van der Waals surface area (Å²) >= 11 is 0. The summed E-state index contributed by atoms with van der Waals surface area (Å²) in [4.78, 5) is 10.7. The summed E-state index contributed by atoms with van der Waals surface area (Å²) in [5.41, 5.74) is -0.175. The molecular weight excluding hydrogens is 233 g/mol. The van der Waals surface area contributed by atoms with Crippen LogP contribution < -0.4 is 0 Å². The largest absolute Gasteiger partial charge is 0.423 e. The number of carbonyl (C=O) groups is 1. The van der Waals surface area contributed by atoms with Crippen LogP contribution in [0.3, 0.4) is 0 Å². The van der Waals surface area contributed by atoms with Crippen molar-refractivity contribution < 1.29 is 22.7 Å². The van der Waals surface area contributed by atoms with E-state index in [4.69, 9.17) is 4.74 Å². The van der Waals surface area contributed by atoms with Gasteiger partial charge in [0.25, 0.3) is 0 Å². The summed E-state index contributed by atoms with van der Waals surface area (Å²) in [6.07, 6.45) is -0.150. The topological polar surface area (TPSA) is 26.3 Å². The smallest absolute Gasteiger partial charge is 0.416 e. The van der Waals surface area contributed by atoms with E-state index >= 15 is 0 Å². The minimum absolute atomic E-state index is 0.315. The molecule has 0 atom stereocenters. The first-order valence-electron chi connectivity index (χ1n) is 4.74. The van der Waals surface area contributed by atoms with Crippen LogP contribution in [-0.4, -0.2) is 5.97 Å². The number of ether oxygens (including phenoxy) is 1. The van der Waals surface area contributed by atoms with Gasteiger partial charge in [-0.25, -0.2) is 4.79 Å². The highest BCUT2D eigenvalue weighted by atomic mass is 19.4. The molecule has 0 saturated heterocycles. The molecule has 1 aromatic carbocycles. The average molecular weight is 240 g/mol. The van der Waals surface area contributed by atoms with E-state index in [1.807, 2.05) is 0 Å². The lowest BCUT2D eigenvalue weighted by molar-refractivity contribution is -0.137. The van der Waals surface area contributed by atoms with E-state index in [0.717, 1.165) is 12.1 Å². The molecule has 1 aliphatic rings. The van der Waals surface area contributed by atoms with Crippen LogP contribution in [0.25, 0.3) is 6.08 Å². The van der Waals surface area contributed by atoms with E-state index in [9.17, 15) is 18.0 Å². The highest BCUT2D eigenvalue weighted by Crippen LogP contribution is 2.29. The number of benzene rings is 1. The quantitative estimate of drug-likeness (QED) is 0.705. The highest BCUT2D eigenvalue weighted by molar-refractivity contribution is 5.87. The van der Waals surface area contributed by atoms with Gasteiger partial charge in [-0.15, -0.1) is 0 Å². The second-order valence-corrected chi connectivity index (χ2v) is 3.42. The molecule has 0 amide bonds. The Morgan fingerprint density at radius 3 is 2.18 bits per heavy atom. The van der Waals surface area contributed by atoms with Crippen LogP contribution in [-0.2, 0) is 15.7 Å². The number of rotatable bonds is 1. The summed E-state index contributed by atoms with van der Waals surface area (Å²) in [6, 6.07) is 4.59. The average Bonchev–Trinajstić information content (AvgIpc) is 2.63. The number of alkyl halides is 3. The Kier molecular flexibility index (Phi) is 2.75.